The maximum absolute atomic E-state index is 11.0. The van der Waals surface area contributed by atoms with Gasteiger partial charge in [0.25, 0.3) is 0 Å². The van der Waals surface area contributed by atoms with Crippen molar-refractivity contribution in [2.45, 2.75) is 57.5 Å². The summed E-state index contributed by atoms with van der Waals surface area (Å²) in [5, 5.41) is 29.3. The minimum Gasteiger partial charge on any atom is -0.507 e. The van der Waals surface area contributed by atoms with Gasteiger partial charge in [-0.1, -0.05) is 45.9 Å². The molecule has 5 nitrogen and oxygen atoms in total. The molecule has 0 bridgehead atoms. The van der Waals surface area contributed by atoms with Crippen LogP contribution in [0.1, 0.15) is 73.7 Å². The summed E-state index contributed by atoms with van der Waals surface area (Å²) >= 11 is 0. The number of phenols is 1. The Bertz CT molecular complexity index is 898. The number of fused-ring (bicyclic) bond motifs is 1. The number of carboxylic acid groups (broad SMARTS) is 1. The first-order chi connectivity index (χ1) is 13.0. The molecule has 0 saturated carbocycles. The second-order valence-corrected chi connectivity index (χ2v) is 8.88. The molecule has 0 amide bonds. The molecule has 1 atom stereocenters. The van der Waals surface area contributed by atoms with Crippen LogP contribution in [0.25, 0.3) is 0 Å². The van der Waals surface area contributed by atoms with Gasteiger partial charge in [0.1, 0.15) is 29.8 Å². The molecule has 3 rings (SSSR count). The first-order valence-electron chi connectivity index (χ1n) is 9.53. The lowest BCUT2D eigenvalue weighted by atomic mass is 9.63. The fourth-order valence-corrected chi connectivity index (χ4v) is 3.87. The van der Waals surface area contributed by atoms with Crippen molar-refractivity contribution in [2.24, 2.45) is 0 Å². The Labute approximate surface area is 165 Å². The highest BCUT2D eigenvalue weighted by Crippen LogP contribution is 2.46. The molecular weight excluding hydrogens is 356 g/mol. The lowest BCUT2D eigenvalue weighted by Gasteiger charge is -2.42. The van der Waals surface area contributed by atoms with Gasteiger partial charge >= 0.3 is 5.97 Å². The Morgan fingerprint density at radius 2 is 1.68 bits per heavy atom. The first kappa shape index (κ1) is 20.2. The van der Waals surface area contributed by atoms with E-state index in [-0.39, 0.29) is 28.7 Å². The molecule has 1 aliphatic carbocycles. The average Bonchev–Trinajstić information content (AvgIpc) is 2.63. The monoisotopic (exact) mass is 384 g/mol. The molecule has 28 heavy (non-hydrogen) atoms. The molecule has 0 heterocycles. The normalized spacial score (nSPS) is 18.2. The number of aliphatic hydroxyl groups excluding tert-OH is 1. The molecule has 1 aliphatic rings. The maximum atomic E-state index is 11.0. The highest BCUT2D eigenvalue weighted by Gasteiger charge is 2.37. The van der Waals surface area contributed by atoms with E-state index < -0.39 is 12.1 Å². The standard InChI is InChI=1S/C23H28O5/c1-22(2)9-10-23(3,4)18-11-14(5-8-17(18)22)20(25)13-28-15-6-7-16(21(26)27)19(24)12-15/h5-8,11-12,20,24-25H,9-10,13H2,1-4H3,(H,26,27). The van der Waals surface area contributed by atoms with Crippen molar-refractivity contribution in [1.82, 2.24) is 0 Å². The minimum atomic E-state index is -1.20. The van der Waals surface area contributed by atoms with E-state index in [4.69, 9.17) is 9.84 Å². The molecule has 2 aromatic carbocycles. The lowest BCUT2D eigenvalue weighted by molar-refractivity contribution is 0.0693. The van der Waals surface area contributed by atoms with Crippen LogP contribution in [-0.4, -0.2) is 27.9 Å². The minimum absolute atomic E-state index is 0.00840. The average molecular weight is 384 g/mol. The summed E-state index contributed by atoms with van der Waals surface area (Å²) in [5.41, 5.74) is 3.37. The van der Waals surface area contributed by atoms with Crippen molar-refractivity contribution in [3.63, 3.8) is 0 Å². The van der Waals surface area contributed by atoms with E-state index in [0.29, 0.717) is 5.75 Å². The van der Waals surface area contributed by atoms with Gasteiger partial charge in [0.15, 0.2) is 0 Å². The molecule has 0 radical (unpaired) electrons. The fraction of sp³-hybridized carbons (Fsp3) is 0.435. The Hall–Kier alpha value is -2.53. The van der Waals surface area contributed by atoms with Gasteiger partial charge < -0.3 is 20.1 Å². The van der Waals surface area contributed by atoms with Gasteiger partial charge in [-0.15, -0.1) is 0 Å². The van der Waals surface area contributed by atoms with Gasteiger partial charge in [-0.25, -0.2) is 4.79 Å². The SMILES string of the molecule is CC1(C)CCC(C)(C)c2cc(C(O)COc3ccc(C(=O)O)c(O)c3)ccc21. The molecule has 0 aliphatic heterocycles. The Morgan fingerprint density at radius 1 is 1.04 bits per heavy atom. The number of rotatable bonds is 5. The number of benzene rings is 2. The van der Waals surface area contributed by atoms with E-state index in [1.54, 1.807) is 0 Å². The van der Waals surface area contributed by atoms with E-state index in [1.165, 1.54) is 29.3 Å². The molecule has 3 N–H and O–H groups in total. The van der Waals surface area contributed by atoms with Crippen LogP contribution in [0.3, 0.4) is 0 Å². The molecule has 1 unspecified atom stereocenters. The van der Waals surface area contributed by atoms with E-state index >= 15 is 0 Å². The Morgan fingerprint density at radius 3 is 2.29 bits per heavy atom. The summed E-state index contributed by atoms with van der Waals surface area (Å²) in [7, 11) is 0. The molecule has 5 heteroatoms. The van der Waals surface area contributed by atoms with Gasteiger partial charge in [0.2, 0.25) is 0 Å². The number of aromatic carboxylic acids is 1. The quantitative estimate of drug-likeness (QED) is 0.704. The van der Waals surface area contributed by atoms with Gasteiger partial charge in [0, 0.05) is 6.07 Å². The number of aromatic hydroxyl groups is 1. The molecule has 2 aromatic rings. The highest BCUT2D eigenvalue weighted by molar-refractivity contribution is 5.90. The van der Waals surface area contributed by atoms with Crippen LogP contribution in [0, 0.1) is 0 Å². The summed E-state index contributed by atoms with van der Waals surface area (Å²) in [4.78, 5) is 11.0. The van der Waals surface area contributed by atoms with Crippen LogP contribution in [0.2, 0.25) is 0 Å². The summed E-state index contributed by atoms with van der Waals surface area (Å²) in [5.74, 6) is -1.26. The number of carboxylic acids is 1. The van der Waals surface area contributed by atoms with Gasteiger partial charge in [-0.2, -0.15) is 0 Å². The molecule has 150 valence electrons. The third-order valence-electron chi connectivity index (χ3n) is 5.87. The number of carbonyl (C=O) groups is 1. The second kappa shape index (κ2) is 7.13. The Kier molecular flexibility index (Phi) is 5.15. The van der Waals surface area contributed by atoms with E-state index in [0.717, 1.165) is 18.4 Å². The molecule has 0 spiro atoms. The van der Waals surface area contributed by atoms with Crippen molar-refractivity contribution in [1.29, 1.82) is 0 Å². The van der Waals surface area contributed by atoms with Crippen LogP contribution in [0.4, 0.5) is 0 Å². The fourth-order valence-electron chi connectivity index (χ4n) is 3.87. The predicted octanol–water partition coefficient (Wildman–Crippen LogP) is 4.55. The first-order valence-corrected chi connectivity index (χ1v) is 9.53. The van der Waals surface area contributed by atoms with Crippen LogP contribution >= 0.6 is 0 Å². The van der Waals surface area contributed by atoms with E-state index in [2.05, 4.69) is 39.8 Å². The molecule has 0 saturated heterocycles. The van der Waals surface area contributed by atoms with Gasteiger partial charge in [-0.05, 0) is 52.5 Å². The largest absolute Gasteiger partial charge is 0.507 e. The summed E-state index contributed by atoms with van der Waals surface area (Å²) in [6.07, 6.45) is 1.40. The topological polar surface area (TPSA) is 87.0 Å². The molecule has 0 aromatic heterocycles. The van der Waals surface area contributed by atoms with Crippen LogP contribution in [0.15, 0.2) is 36.4 Å². The maximum Gasteiger partial charge on any atom is 0.339 e. The van der Waals surface area contributed by atoms with Crippen molar-refractivity contribution in [3.05, 3.63) is 58.7 Å². The van der Waals surface area contributed by atoms with Crippen molar-refractivity contribution in [2.75, 3.05) is 6.61 Å². The zero-order valence-electron chi connectivity index (χ0n) is 16.8. The number of hydrogen-bond acceptors (Lipinski definition) is 4. The van der Waals surface area contributed by atoms with Crippen molar-refractivity contribution >= 4 is 5.97 Å². The van der Waals surface area contributed by atoms with Crippen molar-refractivity contribution in [3.8, 4) is 11.5 Å². The number of ether oxygens (including phenoxy) is 1. The summed E-state index contributed by atoms with van der Waals surface area (Å²) in [6.45, 7) is 9.00. The van der Waals surface area contributed by atoms with E-state index in [9.17, 15) is 15.0 Å². The number of hydrogen-bond donors (Lipinski definition) is 3. The third kappa shape index (κ3) is 3.85. The predicted molar refractivity (Wildman–Crippen MR) is 107 cm³/mol. The van der Waals surface area contributed by atoms with Crippen molar-refractivity contribution < 1.29 is 24.9 Å². The lowest BCUT2D eigenvalue weighted by Crippen LogP contribution is -2.34. The number of aliphatic hydroxyl groups is 1. The highest BCUT2D eigenvalue weighted by atomic mass is 16.5. The molecule has 0 fully saturated rings. The zero-order valence-corrected chi connectivity index (χ0v) is 16.8. The van der Waals surface area contributed by atoms with Crippen LogP contribution < -0.4 is 4.74 Å². The molecular formula is C23H28O5. The smallest absolute Gasteiger partial charge is 0.339 e. The summed E-state index contributed by atoms with van der Waals surface area (Å²) < 4.78 is 5.57. The summed E-state index contributed by atoms with van der Waals surface area (Å²) in [6, 6.07) is 10.1. The Balaban J connectivity index is 1.78. The third-order valence-corrected chi connectivity index (χ3v) is 5.87. The van der Waals surface area contributed by atoms with E-state index in [1.807, 2.05) is 6.07 Å². The van der Waals surface area contributed by atoms with Gasteiger partial charge in [0.05, 0.1) is 0 Å². The van der Waals surface area contributed by atoms with Crippen LogP contribution in [-0.2, 0) is 10.8 Å². The second-order valence-electron chi connectivity index (χ2n) is 8.88. The van der Waals surface area contributed by atoms with Crippen LogP contribution in [0.5, 0.6) is 11.5 Å². The zero-order chi connectivity index (χ0) is 20.7. The van der Waals surface area contributed by atoms with Gasteiger partial charge in [-0.3, -0.25) is 0 Å².